The van der Waals surface area contributed by atoms with Crippen LogP contribution < -0.4 is 10.6 Å². The van der Waals surface area contributed by atoms with Crippen LogP contribution in [-0.2, 0) is 9.59 Å². The number of rotatable bonds is 4. The minimum Gasteiger partial charge on any atom is -0.481 e. The van der Waals surface area contributed by atoms with Crippen LogP contribution in [0.15, 0.2) is 0 Å². The first-order valence-corrected chi connectivity index (χ1v) is 7.32. The van der Waals surface area contributed by atoms with Crippen molar-refractivity contribution in [3.8, 4) is 0 Å². The first kappa shape index (κ1) is 14.3. The first-order chi connectivity index (χ1) is 9.07. The summed E-state index contributed by atoms with van der Waals surface area (Å²) in [4.78, 5) is 23.4. The van der Waals surface area contributed by atoms with Gasteiger partial charge in [0, 0.05) is 12.6 Å². The van der Waals surface area contributed by atoms with Gasteiger partial charge in [0.25, 0.3) is 0 Å². The fourth-order valence-electron chi connectivity index (χ4n) is 3.30. The Kier molecular flexibility index (Phi) is 4.45. The average molecular weight is 268 g/mol. The molecule has 0 aromatic carbocycles. The van der Waals surface area contributed by atoms with Gasteiger partial charge in [-0.15, -0.1) is 0 Å². The van der Waals surface area contributed by atoms with Crippen LogP contribution >= 0.6 is 0 Å². The van der Waals surface area contributed by atoms with Crippen molar-refractivity contribution in [3.63, 3.8) is 0 Å². The van der Waals surface area contributed by atoms with E-state index in [2.05, 4.69) is 17.6 Å². The molecule has 0 aromatic rings. The second-order valence-electron chi connectivity index (χ2n) is 5.93. The molecule has 3 atom stereocenters. The third-order valence-electron chi connectivity index (χ3n) is 4.75. The minimum atomic E-state index is -0.735. The smallest absolute Gasteiger partial charge is 0.306 e. The molecule has 108 valence electrons. The van der Waals surface area contributed by atoms with Crippen LogP contribution in [0, 0.1) is 11.3 Å². The molecule has 19 heavy (non-hydrogen) atoms. The highest BCUT2D eigenvalue weighted by atomic mass is 16.4. The Balaban J connectivity index is 1.91. The predicted molar refractivity (Wildman–Crippen MR) is 71.7 cm³/mol. The molecule has 0 radical (unpaired) electrons. The number of nitrogens with one attached hydrogen (secondary N) is 2. The monoisotopic (exact) mass is 268 g/mol. The van der Waals surface area contributed by atoms with Crippen LogP contribution in [0.2, 0.25) is 0 Å². The van der Waals surface area contributed by atoms with Crippen LogP contribution in [0.3, 0.4) is 0 Å². The summed E-state index contributed by atoms with van der Waals surface area (Å²) in [6, 6.07) is 0.0407. The van der Waals surface area contributed by atoms with Crippen molar-refractivity contribution in [1.82, 2.24) is 10.6 Å². The highest BCUT2D eigenvalue weighted by Crippen LogP contribution is 2.32. The van der Waals surface area contributed by atoms with Gasteiger partial charge in [0.05, 0.1) is 11.3 Å². The Morgan fingerprint density at radius 3 is 2.74 bits per heavy atom. The second kappa shape index (κ2) is 5.90. The summed E-state index contributed by atoms with van der Waals surface area (Å²) in [5.74, 6) is -0.910. The van der Waals surface area contributed by atoms with Crippen molar-refractivity contribution in [3.05, 3.63) is 0 Å². The summed E-state index contributed by atoms with van der Waals surface area (Å²) in [7, 11) is 0. The molecule has 5 nitrogen and oxygen atoms in total. The maximum absolute atomic E-state index is 12.5. The summed E-state index contributed by atoms with van der Waals surface area (Å²) in [5, 5.41) is 15.4. The number of aliphatic carboxylic acids is 1. The van der Waals surface area contributed by atoms with E-state index < -0.39 is 5.97 Å². The molecule has 0 aromatic heterocycles. The van der Waals surface area contributed by atoms with Gasteiger partial charge in [0.2, 0.25) is 5.91 Å². The zero-order chi connectivity index (χ0) is 13.9. The van der Waals surface area contributed by atoms with E-state index in [1.165, 1.54) is 0 Å². The highest BCUT2D eigenvalue weighted by molar-refractivity contribution is 5.83. The second-order valence-corrected chi connectivity index (χ2v) is 5.93. The van der Waals surface area contributed by atoms with Crippen molar-refractivity contribution in [2.75, 3.05) is 13.1 Å². The first-order valence-electron chi connectivity index (χ1n) is 7.32. The van der Waals surface area contributed by atoms with Gasteiger partial charge < -0.3 is 15.7 Å². The highest BCUT2D eigenvalue weighted by Gasteiger charge is 2.40. The van der Waals surface area contributed by atoms with Gasteiger partial charge in [0.1, 0.15) is 0 Å². The lowest BCUT2D eigenvalue weighted by Gasteiger charge is -2.36. The Labute approximate surface area is 114 Å². The van der Waals surface area contributed by atoms with E-state index in [0.29, 0.717) is 12.8 Å². The SMILES string of the molecule is CCC1(C(=O)NC2CCC(C(=O)O)C2)CCCNC1. The number of carboxylic acid groups (broad SMARTS) is 1. The molecule has 0 spiro atoms. The van der Waals surface area contributed by atoms with Gasteiger partial charge in [-0.2, -0.15) is 0 Å². The molecule has 1 amide bonds. The number of carboxylic acids is 1. The number of piperidine rings is 1. The number of hydrogen-bond donors (Lipinski definition) is 3. The van der Waals surface area contributed by atoms with E-state index in [4.69, 9.17) is 5.11 Å². The Morgan fingerprint density at radius 1 is 1.42 bits per heavy atom. The van der Waals surface area contributed by atoms with Gasteiger partial charge in [-0.25, -0.2) is 0 Å². The minimum absolute atomic E-state index is 0.0407. The third kappa shape index (κ3) is 3.08. The standard InChI is InChI=1S/C14H24N2O3/c1-2-14(6-3-7-15-9-14)13(19)16-11-5-4-10(8-11)12(17)18/h10-11,15H,2-9H2,1H3,(H,16,19)(H,17,18). The molecular weight excluding hydrogens is 244 g/mol. The number of hydrogen-bond acceptors (Lipinski definition) is 3. The van der Waals surface area contributed by atoms with E-state index in [1.54, 1.807) is 0 Å². The number of carbonyl (C=O) groups is 2. The van der Waals surface area contributed by atoms with Crippen LogP contribution in [-0.4, -0.2) is 36.1 Å². The fourth-order valence-corrected chi connectivity index (χ4v) is 3.30. The molecule has 2 rings (SSSR count). The van der Waals surface area contributed by atoms with Gasteiger partial charge >= 0.3 is 5.97 Å². The zero-order valence-corrected chi connectivity index (χ0v) is 11.6. The predicted octanol–water partition coefficient (Wildman–Crippen LogP) is 1.14. The van der Waals surface area contributed by atoms with Gasteiger partial charge in [-0.05, 0) is 45.1 Å². The Bertz CT molecular complexity index is 351. The summed E-state index contributed by atoms with van der Waals surface area (Å²) >= 11 is 0. The Morgan fingerprint density at radius 2 is 2.21 bits per heavy atom. The van der Waals surface area contributed by atoms with Crippen molar-refractivity contribution in [2.24, 2.45) is 11.3 Å². The van der Waals surface area contributed by atoms with Gasteiger partial charge in [0.15, 0.2) is 0 Å². The largest absolute Gasteiger partial charge is 0.481 e. The average Bonchev–Trinajstić information content (AvgIpc) is 2.88. The molecule has 2 fully saturated rings. The summed E-state index contributed by atoms with van der Waals surface area (Å²) < 4.78 is 0. The lowest BCUT2D eigenvalue weighted by Crippen LogP contribution is -2.52. The van der Waals surface area contributed by atoms with Crippen molar-refractivity contribution < 1.29 is 14.7 Å². The molecule has 3 unspecified atom stereocenters. The molecule has 1 saturated heterocycles. The van der Waals surface area contributed by atoms with E-state index in [-0.39, 0.29) is 23.3 Å². The lowest BCUT2D eigenvalue weighted by molar-refractivity contribution is -0.141. The van der Waals surface area contributed by atoms with E-state index in [9.17, 15) is 9.59 Å². The summed E-state index contributed by atoms with van der Waals surface area (Å²) in [5.41, 5.74) is -0.292. The Hall–Kier alpha value is -1.10. The molecule has 1 heterocycles. The molecule has 5 heteroatoms. The van der Waals surface area contributed by atoms with Crippen molar-refractivity contribution in [1.29, 1.82) is 0 Å². The normalized spacial score (nSPS) is 35.0. The maximum atomic E-state index is 12.5. The lowest BCUT2D eigenvalue weighted by atomic mass is 9.77. The summed E-state index contributed by atoms with van der Waals surface area (Å²) in [6.45, 7) is 3.78. The van der Waals surface area contributed by atoms with Crippen molar-refractivity contribution in [2.45, 2.75) is 51.5 Å². The molecule has 1 aliphatic heterocycles. The van der Waals surface area contributed by atoms with E-state index in [0.717, 1.165) is 38.8 Å². The van der Waals surface area contributed by atoms with E-state index >= 15 is 0 Å². The molecule has 1 saturated carbocycles. The van der Waals surface area contributed by atoms with Crippen molar-refractivity contribution >= 4 is 11.9 Å². The quantitative estimate of drug-likeness (QED) is 0.714. The van der Waals surface area contributed by atoms with Gasteiger partial charge in [-0.1, -0.05) is 6.92 Å². The van der Waals surface area contributed by atoms with Crippen LogP contribution in [0.4, 0.5) is 0 Å². The number of carbonyl (C=O) groups excluding carboxylic acids is 1. The molecule has 1 aliphatic carbocycles. The molecular formula is C14H24N2O3. The molecule has 2 aliphatic rings. The van der Waals surface area contributed by atoms with Crippen LogP contribution in [0.1, 0.15) is 45.4 Å². The third-order valence-corrected chi connectivity index (χ3v) is 4.75. The zero-order valence-electron chi connectivity index (χ0n) is 11.6. The van der Waals surface area contributed by atoms with Crippen LogP contribution in [0.5, 0.6) is 0 Å². The molecule has 3 N–H and O–H groups in total. The van der Waals surface area contributed by atoms with Crippen LogP contribution in [0.25, 0.3) is 0 Å². The molecule has 0 bridgehead atoms. The van der Waals surface area contributed by atoms with Gasteiger partial charge in [-0.3, -0.25) is 9.59 Å². The summed E-state index contributed by atoms with van der Waals surface area (Å²) in [6.07, 6.45) is 4.84. The number of amides is 1. The van der Waals surface area contributed by atoms with E-state index in [1.807, 2.05) is 0 Å². The topological polar surface area (TPSA) is 78.4 Å². The maximum Gasteiger partial charge on any atom is 0.306 e. The fraction of sp³-hybridized carbons (Fsp3) is 0.857.